The zero-order valence-electron chi connectivity index (χ0n) is 49.1. The van der Waals surface area contributed by atoms with Crippen molar-refractivity contribution in [1.82, 2.24) is 0 Å². The van der Waals surface area contributed by atoms with Crippen molar-refractivity contribution in [3.63, 3.8) is 0 Å². The average molecular weight is 1060 g/mol. The van der Waals surface area contributed by atoms with Crippen LogP contribution in [0.3, 0.4) is 0 Å². The Balaban J connectivity index is 4.56. The number of hydrogen-bond acceptors (Lipinski definition) is 6. The van der Waals surface area contributed by atoms with E-state index in [0.29, 0.717) is 12.8 Å². The summed E-state index contributed by atoms with van der Waals surface area (Å²) in [7, 11) is 0. The molecule has 0 aromatic carbocycles. The van der Waals surface area contributed by atoms with Crippen LogP contribution in [0.4, 0.5) is 0 Å². The van der Waals surface area contributed by atoms with E-state index in [1.54, 1.807) is 0 Å². The summed E-state index contributed by atoms with van der Waals surface area (Å²) in [5.74, 6) is -1.01. The van der Waals surface area contributed by atoms with Crippen LogP contribution < -0.4 is 0 Å². The number of carbonyl (C=O) groups is 3. The van der Waals surface area contributed by atoms with E-state index in [2.05, 4.69) is 191 Å². The molecule has 0 spiro atoms. The molecule has 0 saturated carbocycles. The quantitative estimate of drug-likeness (QED) is 0.0261. The van der Waals surface area contributed by atoms with Crippen molar-refractivity contribution in [3.05, 3.63) is 170 Å². The number of esters is 3. The maximum atomic E-state index is 12.9. The van der Waals surface area contributed by atoms with E-state index in [1.165, 1.54) is 38.5 Å². The smallest absolute Gasteiger partial charge is 0.306 e. The summed E-state index contributed by atoms with van der Waals surface area (Å²) in [5, 5.41) is 0. The fourth-order valence-electron chi connectivity index (χ4n) is 7.73. The summed E-state index contributed by atoms with van der Waals surface area (Å²) in [4.78, 5) is 38.3. The van der Waals surface area contributed by atoms with Gasteiger partial charge in [-0.2, -0.15) is 0 Å². The van der Waals surface area contributed by atoms with E-state index in [1.807, 2.05) is 0 Å². The Labute approximate surface area is 472 Å². The largest absolute Gasteiger partial charge is 0.462 e. The number of ether oxygens (including phenoxy) is 3. The van der Waals surface area contributed by atoms with Gasteiger partial charge in [0.1, 0.15) is 13.2 Å². The summed E-state index contributed by atoms with van der Waals surface area (Å²) >= 11 is 0. The molecule has 0 fully saturated rings. The predicted molar refractivity (Wildman–Crippen MR) is 334 cm³/mol. The topological polar surface area (TPSA) is 78.9 Å². The van der Waals surface area contributed by atoms with Gasteiger partial charge in [0.2, 0.25) is 0 Å². The first kappa shape index (κ1) is 71.8. The van der Waals surface area contributed by atoms with Crippen LogP contribution in [0.25, 0.3) is 0 Å². The first-order chi connectivity index (χ1) is 38.0. The lowest BCUT2D eigenvalue weighted by Gasteiger charge is -2.18. The van der Waals surface area contributed by atoms with E-state index in [4.69, 9.17) is 14.2 Å². The normalized spacial score (nSPS) is 13.3. The molecule has 0 radical (unpaired) electrons. The highest BCUT2D eigenvalue weighted by Gasteiger charge is 2.19. The van der Waals surface area contributed by atoms with Crippen LogP contribution in [-0.2, 0) is 28.6 Å². The van der Waals surface area contributed by atoms with E-state index >= 15 is 0 Å². The number of rotatable bonds is 53. The fourth-order valence-corrected chi connectivity index (χ4v) is 7.73. The molecule has 0 bridgehead atoms. The molecule has 0 rings (SSSR count). The monoisotopic (exact) mass is 1060 g/mol. The first-order valence-electron chi connectivity index (χ1n) is 30.6. The molecular weight excluding hydrogens is 949 g/mol. The van der Waals surface area contributed by atoms with Gasteiger partial charge in [-0.3, -0.25) is 14.4 Å². The third kappa shape index (κ3) is 61.5. The van der Waals surface area contributed by atoms with Crippen LogP contribution >= 0.6 is 0 Å². The van der Waals surface area contributed by atoms with Crippen molar-refractivity contribution < 1.29 is 28.6 Å². The van der Waals surface area contributed by atoms with Crippen LogP contribution in [0.2, 0.25) is 0 Å². The highest BCUT2D eigenvalue weighted by molar-refractivity contribution is 5.71. The molecule has 0 amide bonds. The van der Waals surface area contributed by atoms with E-state index in [9.17, 15) is 14.4 Å². The fraction of sp³-hybridized carbons (Fsp3) is 0.563. The molecule has 430 valence electrons. The molecule has 1 atom stereocenters. The van der Waals surface area contributed by atoms with Crippen LogP contribution in [-0.4, -0.2) is 37.2 Å². The molecule has 0 N–H and O–H groups in total. The van der Waals surface area contributed by atoms with Gasteiger partial charge >= 0.3 is 17.9 Å². The Morgan fingerprint density at radius 2 is 0.481 bits per heavy atom. The molecule has 0 aromatic rings. The van der Waals surface area contributed by atoms with Gasteiger partial charge in [0.05, 0.1) is 0 Å². The summed E-state index contributed by atoms with van der Waals surface area (Å²) in [6.07, 6.45) is 93.5. The van der Waals surface area contributed by atoms with Gasteiger partial charge < -0.3 is 14.2 Å². The molecule has 6 heteroatoms. The molecule has 0 aliphatic heterocycles. The number of unbranched alkanes of at least 4 members (excludes halogenated alkanes) is 14. The minimum absolute atomic E-state index is 0.116. The zero-order chi connectivity index (χ0) is 55.7. The van der Waals surface area contributed by atoms with E-state index in [0.717, 1.165) is 154 Å². The second-order valence-corrected chi connectivity index (χ2v) is 19.5. The Morgan fingerprint density at radius 3 is 0.779 bits per heavy atom. The third-order valence-corrected chi connectivity index (χ3v) is 12.2. The summed E-state index contributed by atoms with van der Waals surface area (Å²) in [5.41, 5.74) is 0. The molecule has 0 saturated heterocycles. The van der Waals surface area contributed by atoms with Crippen LogP contribution in [0, 0.1) is 0 Å². The molecule has 1 unspecified atom stereocenters. The lowest BCUT2D eigenvalue weighted by molar-refractivity contribution is -0.167. The molecule has 0 aliphatic rings. The van der Waals surface area contributed by atoms with Gasteiger partial charge in [0.15, 0.2) is 6.10 Å². The zero-order valence-corrected chi connectivity index (χ0v) is 49.1. The SMILES string of the molecule is CC/C=C\C/C=C\C/C=C\C/C=C\C/C=C\C/C=C\C/C=C\CCCC(=O)OCC(COC(=O)CCCCCCCCC/C=C\C/C=C\C/C=C\CC)OC(=O)CCCCCCCC/C=C\C/C=C\C/C=C\C/C=C\CC. The van der Waals surface area contributed by atoms with Crippen LogP contribution in [0.1, 0.15) is 239 Å². The van der Waals surface area contributed by atoms with Crippen molar-refractivity contribution in [3.8, 4) is 0 Å². The van der Waals surface area contributed by atoms with Crippen molar-refractivity contribution in [2.75, 3.05) is 13.2 Å². The lowest BCUT2D eigenvalue weighted by Crippen LogP contribution is -2.30. The Kier molecular flexibility index (Phi) is 59.0. The second kappa shape index (κ2) is 63.3. The van der Waals surface area contributed by atoms with E-state index in [-0.39, 0.29) is 44.0 Å². The van der Waals surface area contributed by atoms with E-state index < -0.39 is 6.10 Å². The summed E-state index contributed by atoms with van der Waals surface area (Å²) in [6, 6.07) is 0. The van der Waals surface area contributed by atoms with Crippen molar-refractivity contribution in [2.24, 2.45) is 0 Å². The third-order valence-electron chi connectivity index (χ3n) is 12.2. The number of carbonyl (C=O) groups excluding carboxylic acids is 3. The standard InChI is InChI=1S/C71H110O6/c1-4-7-10-13-16-19-22-25-28-31-33-34-35-36-38-40-43-46-49-52-55-58-61-64-70(73)76-67-68(66-75-69(72)63-60-57-54-51-48-45-42-39-30-27-24-21-18-15-12-9-6-3)77-71(74)65-62-59-56-53-50-47-44-41-37-32-29-26-23-20-17-14-11-8-5-2/h7-12,16-21,25-30,33-34,36-38,41,43,46,52,55,68H,4-6,13-15,22-24,31-32,35,39-40,42,44-45,47-51,53-54,56-67H2,1-3H3/b10-7-,11-8-,12-9-,19-16-,20-17-,21-18-,28-25-,29-26-,30-27-,34-33-,38-36-,41-37-,46-43-,55-52-. The van der Waals surface area contributed by atoms with Gasteiger partial charge in [0.25, 0.3) is 0 Å². The van der Waals surface area contributed by atoms with Gasteiger partial charge in [-0.05, 0) is 141 Å². The Hall–Kier alpha value is -5.23. The van der Waals surface area contributed by atoms with Gasteiger partial charge in [-0.15, -0.1) is 0 Å². The molecule has 0 aliphatic carbocycles. The highest BCUT2D eigenvalue weighted by Crippen LogP contribution is 2.14. The minimum Gasteiger partial charge on any atom is -0.462 e. The molecule has 0 heterocycles. The minimum atomic E-state index is -0.825. The first-order valence-corrected chi connectivity index (χ1v) is 30.6. The summed E-state index contributed by atoms with van der Waals surface area (Å²) < 4.78 is 16.8. The van der Waals surface area contributed by atoms with Crippen molar-refractivity contribution >= 4 is 17.9 Å². The van der Waals surface area contributed by atoms with Crippen LogP contribution in [0.15, 0.2) is 170 Å². The lowest BCUT2D eigenvalue weighted by atomic mass is 10.1. The van der Waals surface area contributed by atoms with Crippen LogP contribution in [0.5, 0.6) is 0 Å². The average Bonchev–Trinajstić information content (AvgIpc) is 3.43. The molecule has 6 nitrogen and oxygen atoms in total. The highest BCUT2D eigenvalue weighted by atomic mass is 16.6. The van der Waals surface area contributed by atoms with Gasteiger partial charge in [-0.1, -0.05) is 249 Å². The molecule has 0 aromatic heterocycles. The number of hydrogen-bond donors (Lipinski definition) is 0. The van der Waals surface area contributed by atoms with Gasteiger partial charge in [-0.25, -0.2) is 0 Å². The predicted octanol–water partition coefficient (Wildman–Crippen LogP) is 21.1. The van der Waals surface area contributed by atoms with Crippen molar-refractivity contribution in [1.29, 1.82) is 0 Å². The maximum Gasteiger partial charge on any atom is 0.306 e. The van der Waals surface area contributed by atoms with Crippen molar-refractivity contribution in [2.45, 2.75) is 245 Å². The van der Waals surface area contributed by atoms with Gasteiger partial charge in [0, 0.05) is 19.3 Å². The molecular formula is C71H110O6. The Morgan fingerprint density at radius 1 is 0.260 bits per heavy atom. The maximum absolute atomic E-state index is 12.9. The second-order valence-electron chi connectivity index (χ2n) is 19.5. The summed E-state index contributed by atoms with van der Waals surface area (Å²) in [6.45, 7) is 6.22. The number of allylic oxidation sites excluding steroid dienone is 28. The molecule has 77 heavy (non-hydrogen) atoms. The Bertz CT molecular complexity index is 1790.